The van der Waals surface area contributed by atoms with Crippen LogP contribution in [0.15, 0.2) is 0 Å². The van der Waals surface area contributed by atoms with E-state index in [-0.39, 0.29) is 5.34 Å². The number of ether oxygens (including phenoxy) is 2. The molecule has 0 aromatic rings. The van der Waals surface area contributed by atoms with Crippen LogP contribution in [0.5, 0.6) is 0 Å². The van der Waals surface area contributed by atoms with Crippen molar-refractivity contribution in [2.75, 3.05) is 19.6 Å². The molecule has 0 aliphatic carbocycles. The Morgan fingerprint density at radius 3 is 1.56 bits per heavy atom. The van der Waals surface area contributed by atoms with Gasteiger partial charge in [0.05, 0.1) is 19.6 Å². The molecule has 0 aromatic carbocycles. The predicted octanol–water partition coefficient (Wildman–Crippen LogP) is 1.82. The van der Waals surface area contributed by atoms with Gasteiger partial charge in [0.2, 0.25) is 0 Å². The molecule has 0 aliphatic rings. The number of carbonyl (C=O) groups excluding carboxylic acids is 1. The molecular weight excluding hydrogens is 167 g/mol. The second-order valence-electron chi connectivity index (χ2n) is 0.759. The third-order valence-electron chi connectivity index (χ3n) is 0.333. The van der Waals surface area contributed by atoms with E-state index in [1.54, 1.807) is 0 Å². The summed E-state index contributed by atoms with van der Waals surface area (Å²) in [5.41, 5.74) is 0. The van der Waals surface area contributed by atoms with E-state index >= 15 is 0 Å². The van der Waals surface area contributed by atoms with Gasteiger partial charge in [0.1, 0.15) is 0 Å². The quantitative estimate of drug-likeness (QED) is 0.416. The van der Waals surface area contributed by atoms with E-state index in [0.29, 0.717) is 0 Å². The number of hydrogen-bond acceptors (Lipinski definition) is 3. The molecule has 0 aromatic heterocycles. The fraction of sp³-hybridized carbons (Fsp3) is 0.750. The van der Waals surface area contributed by atoms with Gasteiger partial charge >= 0.3 is 6.16 Å². The third kappa shape index (κ3) is 18.1. The average molecular weight is 175 g/mol. The van der Waals surface area contributed by atoms with Gasteiger partial charge in [-0.1, -0.05) is 0 Å². The number of halogens is 2. The van der Waals surface area contributed by atoms with E-state index < -0.39 is 6.16 Å². The molecule has 0 heterocycles. The molecule has 56 valence electrons. The molecule has 0 rings (SSSR count). The Bertz CT molecular complexity index is 60.8. The Morgan fingerprint density at radius 1 is 1.33 bits per heavy atom. The summed E-state index contributed by atoms with van der Waals surface area (Å²) < 4.78 is 8.08. The molecule has 0 fully saturated rings. The summed E-state index contributed by atoms with van der Waals surface area (Å²) in [6.07, 6.45) is -0.657. The minimum Gasteiger partial charge on any atom is -0.438 e. The number of hydrogen-bond donors (Lipinski definition) is 0. The van der Waals surface area contributed by atoms with Crippen molar-refractivity contribution >= 4 is 29.4 Å². The van der Waals surface area contributed by atoms with Crippen LogP contribution in [-0.4, -0.2) is 25.7 Å². The topological polar surface area (TPSA) is 35.5 Å². The Morgan fingerprint density at radius 2 is 1.56 bits per heavy atom. The summed E-state index contributed by atoms with van der Waals surface area (Å²) in [6, 6.07) is 0. The van der Waals surface area contributed by atoms with Crippen LogP contribution in [0.2, 0.25) is 0 Å². The molecule has 0 saturated carbocycles. The van der Waals surface area contributed by atoms with Gasteiger partial charge in [0.15, 0.2) is 0 Å². The molecule has 3 nitrogen and oxygen atoms in total. The number of carbonyl (C=O) groups is 1. The average Bonchev–Trinajstić information content (AvgIpc) is 1.88. The van der Waals surface area contributed by atoms with Crippen molar-refractivity contribution in [3.63, 3.8) is 0 Å². The lowest BCUT2D eigenvalue weighted by molar-refractivity contribution is 0.0924. The second kappa shape index (κ2) is 10.8. The summed E-state index contributed by atoms with van der Waals surface area (Å²) in [6.45, 7) is 0. The number of methoxy groups -OCH3 is 2. The SMILES string of the molecule is COC(=O)OC.ClCCl. The molecule has 0 amide bonds. The monoisotopic (exact) mass is 174 g/mol. The van der Waals surface area contributed by atoms with E-state index in [1.807, 2.05) is 0 Å². The van der Waals surface area contributed by atoms with Gasteiger partial charge in [0.25, 0.3) is 0 Å². The highest BCUT2D eigenvalue weighted by atomic mass is 35.5. The van der Waals surface area contributed by atoms with Crippen molar-refractivity contribution in [1.29, 1.82) is 0 Å². The van der Waals surface area contributed by atoms with Crippen LogP contribution in [-0.2, 0) is 9.47 Å². The molecule has 0 aliphatic heterocycles. The fourth-order valence-electron chi connectivity index (χ4n) is 0.0833. The third-order valence-corrected chi connectivity index (χ3v) is 0.333. The van der Waals surface area contributed by atoms with E-state index in [1.165, 1.54) is 14.2 Å². The van der Waals surface area contributed by atoms with Crippen molar-refractivity contribution in [3.05, 3.63) is 0 Å². The fourth-order valence-corrected chi connectivity index (χ4v) is 0.0833. The number of rotatable bonds is 0. The largest absolute Gasteiger partial charge is 0.507 e. The lowest BCUT2D eigenvalue weighted by Gasteiger charge is -1.89. The van der Waals surface area contributed by atoms with Gasteiger partial charge in [-0.15, -0.1) is 23.2 Å². The van der Waals surface area contributed by atoms with Crippen LogP contribution >= 0.6 is 23.2 Å². The second-order valence-corrected chi connectivity index (χ2v) is 1.57. The summed E-state index contributed by atoms with van der Waals surface area (Å²) in [5.74, 6) is 0. The van der Waals surface area contributed by atoms with Gasteiger partial charge < -0.3 is 9.47 Å². The minimum atomic E-state index is -0.657. The zero-order valence-electron chi connectivity index (χ0n) is 5.19. The van der Waals surface area contributed by atoms with Crippen LogP contribution in [0.1, 0.15) is 0 Å². The zero-order chi connectivity index (χ0) is 7.70. The van der Waals surface area contributed by atoms with Gasteiger partial charge in [-0.25, -0.2) is 4.79 Å². The Balaban J connectivity index is 0. The molecule has 0 N–H and O–H groups in total. The molecule has 9 heavy (non-hydrogen) atoms. The van der Waals surface area contributed by atoms with Crippen molar-refractivity contribution in [1.82, 2.24) is 0 Å². The van der Waals surface area contributed by atoms with Crippen LogP contribution in [0.25, 0.3) is 0 Å². The maximum Gasteiger partial charge on any atom is 0.507 e. The molecule has 0 unspecified atom stereocenters. The van der Waals surface area contributed by atoms with Crippen molar-refractivity contribution in [2.45, 2.75) is 0 Å². The first-order chi connectivity index (χ1) is 4.22. The summed E-state index contributed by atoms with van der Waals surface area (Å²) in [5, 5.41) is 0.194. The Kier molecular flexibility index (Phi) is 13.9. The molecule has 0 saturated heterocycles. The normalized spacial score (nSPS) is 6.67. The summed E-state index contributed by atoms with van der Waals surface area (Å²) in [7, 11) is 2.51. The molecule has 0 spiro atoms. The van der Waals surface area contributed by atoms with Crippen LogP contribution in [0.3, 0.4) is 0 Å². The molecule has 0 bridgehead atoms. The van der Waals surface area contributed by atoms with Crippen molar-refractivity contribution < 1.29 is 14.3 Å². The van der Waals surface area contributed by atoms with Gasteiger partial charge in [-0.3, -0.25) is 0 Å². The van der Waals surface area contributed by atoms with E-state index in [2.05, 4.69) is 9.47 Å². The molecule has 5 heteroatoms. The first-order valence-corrected chi connectivity index (χ1v) is 3.03. The molecule has 0 radical (unpaired) electrons. The predicted molar refractivity (Wildman–Crippen MR) is 36.0 cm³/mol. The first-order valence-electron chi connectivity index (χ1n) is 1.96. The van der Waals surface area contributed by atoms with Crippen LogP contribution in [0.4, 0.5) is 4.79 Å². The standard InChI is InChI=1S/C3H6O3.CH2Cl2/c1-5-3(4)6-2;2-1-3/h1-2H3;1H2. The molecular formula is C4H8Cl2O3. The van der Waals surface area contributed by atoms with Gasteiger partial charge in [-0.2, -0.15) is 0 Å². The maximum absolute atomic E-state index is 9.74. The Labute approximate surface area is 63.8 Å². The van der Waals surface area contributed by atoms with E-state index in [9.17, 15) is 4.79 Å². The van der Waals surface area contributed by atoms with Gasteiger partial charge in [-0.05, 0) is 0 Å². The lowest BCUT2D eigenvalue weighted by Crippen LogP contribution is -1.97. The zero-order valence-corrected chi connectivity index (χ0v) is 6.70. The van der Waals surface area contributed by atoms with Crippen molar-refractivity contribution in [3.8, 4) is 0 Å². The van der Waals surface area contributed by atoms with E-state index in [4.69, 9.17) is 23.2 Å². The minimum absolute atomic E-state index is 0.194. The highest BCUT2D eigenvalue weighted by Crippen LogP contribution is 1.73. The highest BCUT2D eigenvalue weighted by Gasteiger charge is 1.88. The van der Waals surface area contributed by atoms with Crippen LogP contribution < -0.4 is 0 Å². The van der Waals surface area contributed by atoms with E-state index in [0.717, 1.165) is 0 Å². The van der Waals surface area contributed by atoms with Crippen LogP contribution in [0, 0.1) is 0 Å². The first kappa shape index (κ1) is 11.6. The van der Waals surface area contributed by atoms with Crippen molar-refractivity contribution in [2.24, 2.45) is 0 Å². The summed E-state index contributed by atoms with van der Waals surface area (Å²) >= 11 is 9.53. The maximum atomic E-state index is 9.74. The summed E-state index contributed by atoms with van der Waals surface area (Å²) in [4.78, 5) is 9.74. The molecule has 0 atom stereocenters. The number of alkyl halides is 2. The lowest BCUT2D eigenvalue weighted by atomic mass is 11.3. The smallest absolute Gasteiger partial charge is 0.438 e. The highest BCUT2D eigenvalue weighted by molar-refractivity contribution is 6.40. The Hall–Kier alpha value is -0.150. The van der Waals surface area contributed by atoms with Gasteiger partial charge in [0, 0.05) is 0 Å².